The molecule has 0 aliphatic carbocycles. The number of hydrogen-bond acceptors (Lipinski definition) is 3. The van der Waals surface area contributed by atoms with Crippen LogP contribution in [0, 0.1) is 12.7 Å². The number of hydrogen-bond donors (Lipinski definition) is 2. The Morgan fingerprint density at radius 2 is 2.19 bits per heavy atom. The first-order chi connectivity index (χ1) is 13.0. The SMILES string of the molecule is Cc1cccc(C(=O)NC(=NC[C@H]2CCCO2)Nc2ccc(F)c(Cl)c2)c1. The number of nitrogens with zero attached hydrogens (tertiary/aromatic N) is 1. The topological polar surface area (TPSA) is 62.7 Å². The molecule has 2 aromatic rings. The van der Waals surface area contributed by atoms with Gasteiger partial charge in [0, 0.05) is 17.9 Å². The van der Waals surface area contributed by atoms with Crippen LogP contribution in [0.2, 0.25) is 5.02 Å². The smallest absolute Gasteiger partial charge is 0.257 e. The van der Waals surface area contributed by atoms with Crippen LogP contribution in [0.1, 0.15) is 28.8 Å². The van der Waals surface area contributed by atoms with Gasteiger partial charge < -0.3 is 10.1 Å². The summed E-state index contributed by atoms with van der Waals surface area (Å²) in [5.41, 5.74) is 2.04. The van der Waals surface area contributed by atoms with E-state index in [-0.39, 0.29) is 23.0 Å². The number of ether oxygens (including phenoxy) is 1. The average molecular weight is 390 g/mol. The number of halogens is 2. The number of carbonyl (C=O) groups is 1. The molecule has 3 rings (SSSR count). The Kier molecular flexibility index (Phi) is 6.42. The van der Waals surface area contributed by atoms with Gasteiger partial charge in [-0.1, -0.05) is 29.3 Å². The first-order valence-electron chi connectivity index (χ1n) is 8.77. The fourth-order valence-electron chi connectivity index (χ4n) is 2.77. The van der Waals surface area contributed by atoms with Crippen LogP contribution in [-0.4, -0.2) is 31.1 Å². The molecule has 0 saturated carbocycles. The summed E-state index contributed by atoms with van der Waals surface area (Å²) in [5.74, 6) is -0.533. The fourth-order valence-corrected chi connectivity index (χ4v) is 2.95. The molecule has 2 N–H and O–H groups in total. The third kappa shape index (κ3) is 5.52. The Labute approximate surface area is 162 Å². The van der Waals surface area contributed by atoms with Crippen molar-refractivity contribution in [1.29, 1.82) is 0 Å². The maximum Gasteiger partial charge on any atom is 0.257 e. The Morgan fingerprint density at radius 1 is 1.33 bits per heavy atom. The summed E-state index contributed by atoms with van der Waals surface area (Å²) in [6.07, 6.45) is 1.98. The predicted molar refractivity (Wildman–Crippen MR) is 105 cm³/mol. The van der Waals surface area contributed by atoms with Crippen molar-refractivity contribution >= 4 is 29.2 Å². The number of nitrogens with one attached hydrogen (secondary N) is 2. The molecule has 5 nitrogen and oxygen atoms in total. The highest BCUT2D eigenvalue weighted by atomic mass is 35.5. The molecule has 0 bridgehead atoms. The summed E-state index contributed by atoms with van der Waals surface area (Å²) in [5, 5.41) is 5.76. The number of anilines is 1. The molecule has 0 aromatic heterocycles. The van der Waals surface area contributed by atoms with Crippen molar-refractivity contribution in [3.63, 3.8) is 0 Å². The van der Waals surface area contributed by atoms with Crippen molar-refractivity contribution in [2.45, 2.75) is 25.9 Å². The number of benzene rings is 2. The summed E-state index contributed by atoms with van der Waals surface area (Å²) in [6, 6.07) is 11.5. The van der Waals surface area contributed by atoms with Crippen LogP contribution in [0.25, 0.3) is 0 Å². The van der Waals surface area contributed by atoms with Crippen LogP contribution >= 0.6 is 11.6 Å². The zero-order valence-electron chi connectivity index (χ0n) is 15.0. The van der Waals surface area contributed by atoms with E-state index in [0.29, 0.717) is 17.8 Å². The molecule has 142 valence electrons. The normalized spacial score (nSPS) is 17.0. The molecule has 1 aliphatic rings. The molecule has 1 saturated heterocycles. The molecule has 0 radical (unpaired) electrons. The molecule has 1 fully saturated rings. The lowest BCUT2D eigenvalue weighted by molar-refractivity contribution is 0.0975. The number of amides is 1. The van der Waals surface area contributed by atoms with Gasteiger partial charge in [-0.2, -0.15) is 0 Å². The number of rotatable bonds is 4. The van der Waals surface area contributed by atoms with Gasteiger partial charge in [0.15, 0.2) is 0 Å². The Morgan fingerprint density at radius 3 is 2.89 bits per heavy atom. The second kappa shape index (κ2) is 8.97. The van der Waals surface area contributed by atoms with Gasteiger partial charge in [-0.25, -0.2) is 9.38 Å². The predicted octanol–water partition coefficient (Wildman–Crippen LogP) is 4.16. The number of carbonyl (C=O) groups excluding carboxylic acids is 1. The Hall–Kier alpha value is -2.44. The average Bonchev–Trinajstić information content (AvgIpc) is 3.16. The highest BCUT2D eigenvalue weighted by Crippen LogP contribution is 2.19. The fraction of sp³-hybridized carbons (Fsp3) is 0.300. The minimum atomic E-state index is -0.510. The highest BCUT2D eigenvalue weighted by Gasteiger charge is 2.16. The molecular formula is C20H21ClFN3O2. The lowest BCUT2D eigenvalue weighted by atomic mass is 10.1. The van der Waals surface area contributed by atoms with Gasteiger partial charge in [0.05, 0.1) is 17.7 Å². The molecule has 1 heterocycles. The lowest BCUT2D eigenvalue weighted by Gasteiger charge is -2.14. The largest absolute Gasteiger partial charge is 0.376 e. The van der Waals surface area contributed by atoms with Crippen LogP contribution < -0.4 is 10.6 Å². The summed E-state index contributed by atoms with van der Waals surface area (Å²) in [7, 11) is 0. The lowest BCUT2D eigenvalue weighted by Crippen LogP contribution is -2.36. The Bertz CT molecular complexity index is 851. The first-order valence-corrected chi connectivity index (χ1v) is 9.15. The van der Waals surface area contributed by atoms with E-state index in [1.807, 2.05) is 19.1 Å². The van der Waals surface area contributed by atoms with E-state index < -0.39 is 5.82 Å². The van der Waals surface area contributed by atoms with Crippen LogP contribution in [0.3, 0.4) is 0 Å². The van der Waals surface area contributed by atoms with Crippen LogP contribution in [0.4, 0.5) is 10.1 Å². The molecule has 1 atom stereocenters. The van der Waals surface area contributed by atoms with Crippen LogP contribution in [-0.2, 0) is 4.74 Å². The minimum Gasteiger partial charge on any atom is -0.376 e. The van der Waals surface area contributed by atoms with E-state index in [9.17, 15) is 9.18 Å². The van der Waals surface area contributed by atoms with Gasteiger partial charge in [0.1, 0.15) is 5.82 Å². The maximum atomic E-state index is 13.4. The Balaban J connectivity index is 1.76. The number of guanidine groups is 1. The van der Waals surface area contributed by atoms with E-state index in [1.54, 1.807) is 12.1 Å². The highest BCUT2D eigenvalue weighted by molar-refractivity contribution is 6.31. The van der Waals surface area contributed by atoms with E-state index in [1.165, 1.54) is 18.2 Å². The minimum absolute atomic E-state index is 0.0107. The van der Waals surface area contributed by atoms with Crippen LogP contribution in [0.15, 0.2) is 47.5 Å². The number of aliphatic imine (C=N–C) groups is 1. The second-order valence-corrected chi connectivity index (χ2v) is 6.81. The third-order valence-corrected chi connectivity index (χ3v) is 4.46. The third-order valence-electron chi connectivity index (χ3n) is 4.17. The van der Waals surface area contributed by atoms with Gasteiger partial charge in [-0.05, 0) is 50.1 Å². The van der Waals surface area contributed by atoms with Gasteiger partial charge in [0.2, 0.25) is 5.96 Å². The molecule has 27 heavy (non-hydrogen) atoms. The summed E-state index contributed by atoms with van der Waals surface area (Å²) in [4.78, 5) is 17.0. The zero-order chi connectivity index (χ0) is 19.2. The summed E-state index contributed by atoms with van der Waals surface area (Å²) >= 11 is 5.83. The van der Waals surface area contributed by atoms with E-state index in [4.69, 9.17) is 16.3 Å². The quantitative estimate of drug-likeness (QED) is 0.609. The molecule has 7 heteroatoms. The van der Waals surface area contributed by atoms with Crippen molar-refractivity contribution < 1.29 is 13.9 Å². The van der Waals surface area contributed by atoms with Gasteiger partial charge in [0.25, 0.3) is 5.91 Å². The van der Waals surface area contributed by atoms with Crippen molar-refractivity contribution in [2.24, 2.45) is 4.99 Å². The maximum absolute atomic E-state index is 13.4. The monoisotopic (exact) mass is 389 g/mol. The zero-order valence-corrected chi connectivity index (χ0v) is 15.7. The number of aryl methyl sites for hydroxylation is 1. The second-order valence-electron chi connectivity index (χ2n) is 6.40. The van der Waals surface area contributed by atoms with Crippen molar-refractivity contribution in [1.82, 2.24) is 5.32 Å². The van der Waals surface area contributed by atoms with E-state index in [2.05, 4.69) is 15.6 Å². The first kappa shape index (κ1) is 19.3. The van der Waals surface area contributed by atoms with Gasteiger partial charge in [-0.3, -0.25) is 10.1 Å². The van der Waals surface area contributed by atoms with E-state index in [0.717, 1.165) is 25.0 Å². The molecule has 1 aliphatic heterocycles. The van der Waals surface area contributed by atoms with E-state index >= 15 is 0 Å². The van der Waals surface area contributed by atoms with Crippen LogP contribution in [0.5, 0.6) is 0 Å². The van der Waals surface area contributed by atoms with Crippen molar-refractivity contribution in [2.75, 3.05) is 18.5 Å². The van der Waals surface area contributed by atoms with Gasteiger partial charge >= 0.3 is 0 Å². The summed E-state index contributed by atoms with van der Waals surface area (Å²) < 4.78 is 19.0. The standard InChI is InChI=1S/C20H21ClFN3O2/c1-13-4-2-5-14(10-13)19(26)25-20(23-12-16-6-3-9-27-16)24-15-7-8-18(22)17(21)11-15/h2,4-5,7-8,10-11,16H,3,6,9,12H2,1H3,(H2,23,24,25,26)/t16-/m1/s1. The van der Waals surface area contributed by atoms with Crippen molar-refractivity contribution in [3.8, 4) is 0 Å². The van der Waals surface area contributed by atoms with Crippen molar-refractivity contribution in [3.05, 3.63) is 64.4 Å². The summed E-state index contributed by atoms with van der Waals surface area (Å²) in [6.45, 7) is 3.07. The molecule has 0 unspecified atom stereocenters. The molecular weight excluding hydrogens is 369 g/mol. The molecule has 1 amide bonds. The molecule has 0 spiro atoms. The van der Waals surface area contributed by atoms with Gasteiger partial charge in [-0.15, -0.1) is 0 Å². The molecule has 2 aromatic carbocycles.